The summed E-state index contributed by atoms with van der Waals surface area (Å²) in [6, 6.07) is 14.3. The van der Waals surface area contributed by atoms with Crippen molar-refractivity contribution in [1.82, 2.24) is 5.32 Å². The van der Waals surface area contributed by atoms with Gasteiger partial charge in [0.05, 0.1) is 6.61 Å². The minimum atomic E-state index is 0. The Labute approximate surface area is 149 Å². The van der Waals surface area contributed by atoms with Crippen LogP contribution in [-0.4, -0.2) is 25.1 Å². The van der Waals surface area contributed by atoms with Crippen molar-refractivity contribution in [1.29, 1.82) is 0 Å². The maximum absolute atomic E-state index is 11.8. The smallest absolute Gasteiger partial charge is 0.220 e. The average molecular weight is 349 g/mol. The van der Waals surface area contributed by atoms with E-state index in [1.165, 1.54) is 12.8 Å². The molecule has 24 heavy (non-hydrogen) atoms. The van der Waals surface area contributed by atoms with Crippen LogP contribution in [0.25, 0.3) is 10.8 Å². The van der Waals surface area contributed by atoms with Crippen LogP contribution in [0, 0.1) is 5.92 Å². The molecule has 4 nitrogen and oxygen atoms in total. The van der Waals surface area contributed by atoms with E-state index in [0.29, 0.717) is 31.9 Å². The Morgan fingerprint density at radius 3 is 2.75 bits per heavy atom. The lowest BCUT2D eigenvalue weighted by atomic mass is 10.1. The van der Waals surface area contributed by atoms with Crippen LogP contribution in [0.4, 0.5) is 0 Å². The summed E-state index contributed by atoms with van der Waals surface area (Å²) >= 11 is 0. The Hall–Kier alpha value is -1.78. The lowest BCUT2D eigenvalue weighted by Crippen LogP contribution is -2.38. The Morgan fingerprint density at radius 1 is 1.21 bits per heavy atom. The topological polar surface area (TPSA) is 64.3 Å². The van der Waals surface area contributed by atoms with Crippen LogP contribution < -0.4 is 15.8 Å². The third kappa shape index (κ3) is 5.11. The van der Waals surface area contributed by atoms with E-state index in [4.69, 9.17) is 10.5 Å². The van der Waals surface area contributed by atoms with Gasteiger partial charge >= 0.3 is 0 Å². The SMILES string of the molecule is Cl.NC(CNC(=O)CCCOc1cccc2ccccc12)C1CC1. The second-order valence-corrected chi connectivity index (χ2v) is 6.23. The first-order chi connectivity index (χ1) is 11.2. The van der Waals surface area contributed by atoms with Crippen LogP contribution >= 0.6 is 12.4 Å². The van der Waals surface area contributed by atoms with E-state index < -0.39 is 0 Å². The third-order valence-electron chi connectivity index (χ3n) is 4.32. The summed E-state index contributed by atoms with van der Waals surface area (Å²) < 4.78 is 5.84. The Bertz CT molecular complexity index is 668. The van der Waals surface area contributed by atoms with Crippen LogP contribution in [-0.2, 0) is 4.79 Å². The van der Waals surface area contributed by atoms with Crippen LogP contribution in [0.3, 0.4) is 0 Å². The molecular weight excluding hydrogens is 324 g/mol. The summed E-state index contributed by atoms with van der Waals surface area (Å²) in [4.78, 5) is 11.8. The molecule has 5 heteroatoms. The van der Waals surface area contributed by atoms with E-state index in [-0.39, 0.29) is 24.4 Å². The molecule has 0 bridgehead atoms. The number of hydrogen-bond acceptors (Lipinski definition) is 3. The van der Waals surface area contributed by atoms with Gasteiger partial charge in [0.1, 0.15) is 5.75 Å². The molecule has 0 radical (unpaired) electrons. The second kappa shape index (κ2) is 8.90. The van der Waals surface area contributed by atoms with E-state index in [9.17, 15) is 4.79 Å². The number of fused-ring (bicyclic) bond motifs is 1. The highest BCUT2D eigenvalue weighted by Gasteiger charge is 2.28. The molecule has 1 amide bonds. The van der Waals surface area contributed by atoms with Crippen molar-refractivity contribution in [3.05, 3.63) is 42.5 Å². The monoisotopic (exact) mass is 348 g/mol. The molecule has 1 fully saturated rings. The van der Waals surface area contributed by atoms with Crippen molar-refractivity contribution in [2.75, 3.05) is 13.2 Å². The van der Waals surface area contributed by atoms with Gasteiger partial charge in [-0.25, -0.2) is 0 Å². The van der Waals surface area contributed by atoms with E-state index >= 15 is 0 Å². The van der Waals surface area contributed by atoms with Gasteiger partial charge in [0.2, 0.25) is 5.91 Å². The largest absolute Gasteiger partial charge is 0.493 e. The molecule has 1 unspecified atom stereocenters. The number of amides is 1. The van der Waals surface area contributed by atoms with Crippen molar-refractivity contribution in [3.8, 4) is 5.75 Å². The summed E-state index contributed by atoms with van der Waals surface area (Å²) in [5.41, 5.74) is 5.97. The van der Waals surface area contributed by atoms with Crippen LogP contribution in [0.5, 0.6) is 5.75 Å². The summed E-state index contributed by atoms with van der Waals surface area (Å²) in [5, 5.41) is 5.18. The fourth-order valence-electron chi connectivity index (χ4n) is 2.75. The molecule has 0 aromatic heterocycles. The fourth-order valence-corrected chi connectivity index (χ4v) is 2.75. The number of benzene rings is 2. The van der Waals surface area contributed by atoms with Gasteiger partial charge < -0.3 is 15.8 Å². The van der Waals surface area contributed by atoms with Crippen molar-refractivity contribution in [2.24, 2.45) is 11.7 Å². The number of nitrogens with two attached hydrogens (primary N) is 1. The molecule has 0 aliphatic heterocycles. The molecule has 1 aliphatic carbocycles. The number of carbonyl (C=O) groups is 1. The van der Waals surface area contributed by atoms with Crippen LogP contribution in [0.2, 0.25) is 0 Å². The van der Waals surface area contributed by atoms with Gasteiger partial charge in [0, 0.05) is 24.4 Å². The predicted molar refractivity (Wildman–Crippen MR) is 99.6 cm³/mol. The number of halogens is 1. The molecule has 0 heterocycles. The van der Waals surface area contributed by atoms with Crippen molar-refractivity contribution in [3.63, 3.8) is 0 Å². The zero-order valence-corrected chi connectivity index (χ0v) is 14.6. The molecule has 1 atom stereocenters. The lowest BCUT2D eigenvalue weighted by Gasteiger charge is -2.12. The molecule has 0 saturated heterocycles. The van der Waals surface area contributed by atoms with Crippen molar-refractivity contribution >= 4 is 29.1 Å². The maximum atomic E-state index is 11.8. The van der Waals surface area contributed by atoms with Gasteiger partial charge in [-0.05, 0) is 36.6 Å². The number of hydrogen-bond donors (Lipinski definition) is 2. The van der Waals surface area contributed by atoms with E-state index in [1.54, 1.807) is 0 Å². The van der Waals surface area contributed by atoms with Gasteiger partial charge in [-0.2, -0.15) is 0 Å². The molecule has 1 saturated carbocycles. The molecule has 3 N–H and O–H groups in total. The maximum Gasteiger partial charge on any atom is 0.220 e. The van der Waals surface area contributed by atoms with Crippen molar-refractivity contribution in [2.45, 2.75) is 31.7 Å². The molecule has 2 aromatic carbocycles. The molecule has 0 spiro atoms. The minimum Gasteiger partial charge on any atom is -0.493 e. The van der Waals surface area contributed by atoms with Gasteiger partial charge in [0.15, 0.2) is 0 Å². The van der Waals surface area contributed by atoms with Gasteiger partial charge in [-0.3, -0.25) is 4.79 Å². The highest BCUT2D eigenvalue weighted by molar-refractivity contribution is 5.88. The number of rotatable bonds is 8. The molecular formula is C19H25ClN2O2. The highest BCUT2D eigenvalue weighted by Crippen LogP contribution is 2.31. The van der Waals surface area contributed by atoms with E-state index in [2.05, 4.69) is 23.5 Å². The standard InChI is InChI=1S/C19H24N2O2.ClH/c20-17(15-10-11-15)13-21-19(22)9-4-12-23-18-8-3-6-14-5-1-2-7-16(14)18;/h1-3,5-8,15,17H,4,9-13,20H2,(H,21,22);1H. The third-order valence-corrected chi connectivity index (χ3v) is 4.32. The average Bonchev–Trinajstić information content (AvgIpc) is 3.41. The summed E-state index contributed by atoms with van der Waals surface area (Å²) in [5.74, 6) is 1.55. The second-order valence-electron chi connectivity index (χ2n) is 6.23. The first kappa shape index (κ1) is 18.6. The Kier molecular flexibility index (Phi) is 6.88. The van der Waals surface area contributed by atoms with E-state index in [0.717, 1.165) is 16.5 Å². The summed E-state index contributed by atoms with van der Waals surface area (Å²) in [6.45, 7) is 1.13. The number of ether oxygens (including phenoxy) is 1. The first-order valence-corrected chi connectivity index (χ1v) is 8.37. The zero-order valence-electron chi connectivity index (χ0n) is 13.7. The normalized spacial score (nSPS) is 14.7. The van der Waals surface area contributed by atoms with Crippen LogP contribution in [0.15, 0.2) is 42.5 Å². The Morgan fingerprint density at radius 2 is 1.96 bits per heavy atom. The van der Waals surface area contributed by atoms with Gasteiger partial charge in [0.25, 0.3) is 0 Å². The van der Waals surface area contributed by atoms with Crippen LogP contribution in [0.1, 0.15) is 25.7 Å². The highest BCUT2D eigenvalue weighted by atomic mass is 35.5. The van der Waals surface area contributed by atoms with Gasteiger partial charge in [-0.15, -0.1) is 12.4 Å². The molecule has 3 rings (SSSR count). The van der Waals surface area contributed by atoms with E-state index in [1.807, 2.05) is 24.3 Å². The zero-order chi connectivity index (χ0) is 16.1. The summed E-state index contributed by atoms with van der Waals surface area (Å²) in [7, 11) is 0. The van der Waals surface area contributed by atoms with Crippen molar-refractivity contribution < 1.29 is 9.53 Å². The first-order valence-electron chi connectivity index (χ1n) is 8.37. The molecule has 130 valence electrons. The quantitative estimate of drug-likeness (QED) is 0.719. The number of nitrogens with one attached hydrogen (secondary N) is 1. The Balaban J connectivity index is 0.00000208. The molecule has 2 aromatic rings. The molecule has 1 aliphatic rings. The van der Waals surface area contributed by atoms with Gasteiger partial charge in [-0.1, -0.05) is 36.4 Å². The fraction of sp³-hybridized carbons (Fsp3) is 0.421. The summed E-state index contributed by atoms with van der Waals surface area (Å²) in [6.07, 6.45) is 3.59. The predicted octanol–water partition coefficient (Wildman–Crippen LogP) is 3.27. The lowest BCUT2D eigenvalue weighted by molar-refractivity contribution is -0.121. The number of carbonyl (C=O) groups excluding carboxylic acids is 1. The minimum absolute atomic E-state index is 0.